The van der Waals surface area contributed by atoms with Gasteiger partial charge in [-0.15, -0.1) is 11.3 Å². The lowest BCUT2D eigenvalue weighted by atomic mass is 10.1. The maximum Gasteiger partial charge on any atom is 0.216 e. The van der Waals surface area contributed by atoms with Crippen LogP contribution in [0.3, 0.4) is 0 Å². The fourth-order valence-corrected chi connectivity index (χ4v) is 3.59. The Bertz CT molecular complexity index is 754. The van der Waals surface area contributed by atoms with Gasteiger partial charge in [-0.3, -0.25) is 0 Å². The molecule has 3 N–H and O–H groups in total. The zero-order valence-corrected chi connectivity index (χ0v) is 13.8. The fraction of sp³-hybridized carbons (Fsp3) is 0.231. The third kappa shape index (κ3) is 4.85. The number of benzene rings is 1. The number of sulfonamides is 1. The van der Waals surface area contributed by atoms with Crippen LogP contribution in [0.25, 0.3) is 0 Å². The van der Waals surface area contributed by atoms with E-state index in [1.54, 1.807) is 24.3 Å². The molecule has 8 heteroatoms. The monoisotopic (exact) mass is 341 g/mol. The summed E-state index contributed by atoms with van der Waals surface area (Å²) in [5, 5.41) is 2.75. The predicted octanol–water partition coefficient (Wildman–Crippen LogP) is 1.71. The molecule has 0 amide bonds. The molecule has 5 nitrogen and oxygen atoms in total. The van der Waals surface area contributed by atoms with Gasteiger partial charge in [0.2, 0.25) is 10.0 Å². The topological polar surface area (TPSA) is 85.1 Å². The molecular weight excluding hydrogens is 326 g/mol. The number of nitrogens with two attached hydrogens (primary N) is 1. The van der Waals surface area contributed by atoms with Crippen LogP contribution in [-0.2, 0) is 22.3 Å². The van der Waals surface area contributed by atoms with Gasteiger partial charge in [0.05, 0.1) is 23.0 Å². The Hall–Kier alpha value is -1.35. The van der Waals surface area contributed by atoms with Crippen LogP contribution in [0.2, 0.25) is 0 Å². The van der Waals surface area contributed by atoms with Crippen molar-refractivity contribution in [3.63, 3.8) is 0 Å². The molecule has 0 fully saturated rings. The number of nitrogens with one attached hydrogen (secondary N) is 1. The second-order valence-corrected chi connectivity index (χ2v) is 7.81. The summed E-state index contributed by atoms with van der Waals surface area (Å²) >= 11 is 6.38. The molecule has 1 aromatic carbocycles. The molecule has 0 unspecified atom stereocenters. The van der Waals surface area contributed by atoms with Crippen LogP contribution in [0, 0.1) is 6.92 Å². The molecule has 0 spiro atoms. The van der Waals surface area contributed by atoms with E-state index < -0.39 is 10.0 Å². The second kappa shape index (κ2) is 6.61. The summed E-state index contributed by atoms with van der Waals surface area (Å²) in [6.07, 6.45) is 0. The average Bonchev–Trinajstić information content (AvgIpc) is 2.82. The third-order valence-electron chi connectivity index (χ3n) is 2.71. The number of nitrogens with zero attached hydrogens (tertiary/aromatic N) is 1. The summed E-state index contributed by atoms with van der Waals surface area (Å²) in [6.45, 7) is 2.07. The van der Waals surface area contributed by atoms with Crippen LogP contribution in [0.4, 0.5) is 0 Å². The molecule has 0 aliphatic carbocycles. The van der Waals surface area contributed by atoms with Gasteiger partial charge >= 0.3 is 0 Å². The Labute approximate surface area is 133 Å². The summed E-state index contributed by atoms with van der Waals surface area (Å²) in [6, 6.07) is 6.91. The van der Waals surface area contributed by atoms with Crippen molar-refractivity contribution in [1.29, 1.82) is 0 Å². The molecule has 0 atom stereocenters. The number of thiazole rings is 1. The first-order valence-corrected chi connectivity index (χ1v) is 9.07. The summed E-state index contributed by atoms with van der Waals surface area (Å²) in [7, 11) is -3.44. The molecule has 0 radical (unpaired) electrons. The molecule has 0 aliphatic rings. The SMILES string of the molecule is Cc1nc(CNS(=O)(=O)Cc2cccc(C(N)=S)c2)cs1. The van der Waals surface area contributed by atoms with Gasteiger partial charge in [-0.25, -0.2) is 18.1 Å². The van der Waals surface area contributed by atoms with Crippen LogP contribution in [0.5, 0.6) is 0 Å². The number of thiocarbonyl (C=S) groups is 1. The van der Waals surface area contributed by atoms with Gasteiger partial charge in [-0.05, 0) is 18.6 Å². The number of hydrogen-bond acceptors (Lipinski definition) is 5. The highest BCUT2D eigenvalue weighted by atomic mass is 32.2. The van der Waals surface area contributed by atoms with E-state index in [9.17, 15) is 8.42 Å². The first-order valence-electron chi connectivity index (χ1n) is 6.13. The molecule has 0 saturated heterocycles. The van der Waals surface area contributed by atoms with Gasteiger partial charge in [0.25, 0.3) is 0 Å². The maximum atomic E-state index is 12.1. The predicted molar refractivity (Wildman–Crippen MR) is 88.6 cm³/mol. The second-order valence-electron chi connectivity index (χ2n) is 4.50. The molecule has 0 aliphatic heterocycles. The van der Waals surface area contributed by atoms with E-state index in [1.807, 2.05) is 12.3 Å². The van der Waals surface area contributed by atoms with Crippen LogP contribution in [0.15, 0.2) is 29.6 Å². The van der Waals surface area contributed by atoms with Gasteiger partial charge in [0.15, 0.2) is 0 Å². The van der Waals surface area contributed by atoms with Gasteiger partial charge in [-0.2, -0.15) is 0 Å². The van der Waals surface area contributed by atoms with Crippen molar-refractivity contribution in [1.82, 2.24) is 9.71 Å². The highest BCUT2D eigenvalue weighted by molar-refractivity contribution is 7.88. The molecule has 2 aromatic rings. The van der Waals surface area contributed by atoms with E-state index in [1.165, 1.54) is 11.3 Å². The van der Waals surface area contributed by atoms with Crippen LogP contribution in [-0.4, -0.2) is 18.4 Å². The molecule has 1 heterocycles. The minimum atomic E-state index is -3.44. The van der Waals surface area contributed by atoms with Gasteiger partial charge < -0.3 is 5.73 Å². The highest BCUT2D eigenvalue weighted by Gasteiger charge is 2.13. The minimum absolute atomic E-state index is 0.118. The Kier molecular flexibility index (Phi) is 5.04. The smallest absolute Gasteiger partial charge is 0.216 e. The van der Waals surface area contributed by atoms with E-state index in [0.717, 1.165) is 10.7 Å². The van der Waals surface area contributed by atoms with Crippen molar-refractivity contribution in [2.45, 2.75) is 19.2 Å². The molecule has 1 aromatic heterocycles. The van der Waals surface area contributed by atoms with E-state index >= 15 is 0 Å². The lowest BCUT2D eigenvalue weighted by Gasteiger charge is -2.07. The van der Waals surface area contributed by atoms with Crippen molar-refractivity contribution in [3.8, 4) is 0 Å². The largest absolute Gasteiger partial charge is 0.389 e. The summed E-state index contributed by atoms with van der Waals surface area (Å²) in [5.74, 6) is -0.118. The van der Waals surface area contributed by atoms with Gasteiger partial charge in [0, 0.05) is 10.9 Å². The molecule has 0 bridgehead atoms. The number of aryl methyl sites for hydroxylation is 1. The summed E-state index contributed by atoms with van der Waals surface area (Å²) < 4.78 is 26.7. The van der Waals surface area contributed by atoms with E-state index in [-0.39, 0.29) is 17.3 Å². The first kappa shape index (κ1) is 16.0. The Balaban J connectivity index is 2.03. The lowest BCUT2D eigenvalue weighted by Crippen LogP contribution is -2.25. The third-order valence-corrected chi connectivity index (χ3v) is 5.06. The minimum Gasteiger partial charge on any atom is -0.389 e. The van der Waals surface area contributed by atoms with Crippen molar-refractivity contribution < 1.29 is 8.42 Å². The van der Waals surface area contributed by atoms with Crippen molar-refractivity contribution in [2.24, 2.45) is 5.73 Å². The summed E-state index contributed by atoms with van der Waals surface area (Å²) in [5.41, 5.74) is 7.56. The standard InChI is InChI=1S/C13H15N3O2S3/c1-9-16-12(7-20-9)6-15-21(17,18)8-10-3-2-4-11(5-10)13(14)19/h2-5,7,15H,6,8H2,1H3,(H2,14,19). The number of aromatic nitrogens is 1. The molecule has 0 saturated carbocycles. The highest BCUT2D eigenvalue weighted by Crippen LogP contribution is 2.11. The normalized spacial score (nSPS) is 11.5. The fourth-order valence-electron chi connectivity index (χ4n) is 1.76. The zero-order valence-electron chi connectivity index (χ0n) is 11.4. The Morgan fingerprint density at radius 1 is 1.48 bits per heavy atom. The van der Waals surface area contributed by atoms with Crippen LogP contribution < -0.4 is 10.5 Å². The lowest BCUT2D eigenvalue weighted by molar-refractivity contribution is 0.579. The molecule has 21 heavy (non-hydrogen) atoms. The van der Waals surface area contributed by atoms with Crippen molar-refractivity contribution in [3.05, 3.63) is 51.5 Å². The average molecular weight is 341 g/mol. The summed E-state index contributed by atoms with van der Waals surface area (Å²) in [4.78, 5) is 4.47. The van der Waals surface area contributed by atoms with Crippen molar-refractivity contribution in [2.75, 3.05) is 0 Å². The van der Waals surface area contributed by atoms with Crippen molar-refractivity contribution >= 4 is 38.6 Å². The number of rotatable bonds is 6. The zero-order chi connectivity index (χ0) is 15.5. The molecule has 2 rings (SSSR count). The molecule has 112 valence electrons. The maximum absolute atomic E-state index is 12.1. The van der Waals surface area contributed by atoms with Crippen LogP contribution >= 0.6 is 23.6 Å². The number of hydrogen-bond donors (Lipinski definition) is 2. The van der Waals surface area contributed by atoms with Gasteiger partial charge in [-0.1, -0.05) is 30.4 Å². The Morgan fingerprint density at radius 3 is 2.86 bits per heavy atom. The quantitative estimate of drug-likeness (QED) is 0.781. The first-order chi connectivity index (χ1) is 9.85. The van der Waals surface area contributed by atoms with Crippen LogP contribution in [0.1, 0.15) is 21.8 Å². The van der Waals surface area contributed by atoms with Gasteiger partial charge in [0.1, 0.15) is 4.99 Å². The van der Waals surface area contributed by atoms with E-state index in [4.69, 9.17) is 18.0 Å². The molecular formula is C13H15N3O2S3. The van der Waals surface area contributed by atoms with E-state index in [2.05, 4.69) is 9.71 Å². The Morgan fingerprint density at radius 2 is 2.24 bits per heavy atom. The van der Waals surface area contributed by atoms with E-state index in [0.29, 0.717) is 11.1 Å².